The standard InChI is InChI=1S/C31H17N3S2/c1-4-11-23-19(9-1)29-24(12-7-15-33(29)32-23)34-25-16-21-18-8-2-5-13-26(18)35-28(21)17-22(25)31-30(34)20-10-3-6-14-27(20)36-31/h1-17H. The Bertz CT molecular complexity index is 2330. The summed E-state index contributed by atoms with van der Waals surface area (Å²) in [5.41, 5.74) is 5.84. The predicted molar refractivity (Wildman–Crippen MR) is 155 cm³/mol. The third-order valence-corrected chi connectivity index (χ3v) is 9.67. The zero-order valence-corrected chi connectivity index (χ0v) is 20.6. The van der Waals surface area contributed by atoms with Gasteiger partial charge in [-0.1, -0.05) is 54.6 Å². The third-order valence-electron chi connectivity index (χ3n) is 7.34. The van der Waals surface area contributed by atoms with Crippen LogP contribution < -0.4 is 0 Å². The normalized spacial score (nSPS) is 12.4. The van der Waals surface area contributed by atoms with Crippen molar-refractivity contribution in [3.8, 4) is 5.69 Å². The van der Waals surface area contributed by atoms with E-state index in [0.717, 1.165) is 16.7 Å². The average Bonchev–Trinajstić information content (AvgIpc) is 3.65. The number of aromatic nitrogens is 3. The molecular formula is C31H17N3S2. The van der Waals surface area contributed by atoms with E-state index in [-0.39, 0.29) is 0 Å². The van der Waals surface area contributed by atoms with Crippen LogP contribution in [0, 0.1) is 0 Å². The second-order valence-electron chi connectivity index (χ2n) is 9.28. The first-order valence-electron chi connectivity index (χ1n) is 12.0. The maximum absolute atomic E-state index is 4.89. The minimum Gasteiger partial charge on any atom is -0.306 e. The molecule has 5 heteroatoms. The van der Waals surface area contributed by atoms with Crippen LogP contribution in [-0.4, -0.2) is 14.2 Å². The molecule has 3 nitrogen and oxygen atoms in total. The molecule has 0 fully saturated rings. The van der Waals surface area contributed by atoms with Gasteiger partial charge in [-0.05, 0) is 42.5 Å². The molecule has 0 aliphatic carbocycles. The van der Waals surface area contributed by atoms with Crippen LogP contribution in [0.15, 0.2) is 103 Å². The topological polar surface area (TPSA) is 22.2 Å². The first-order chi connectivity index (χ1) is 17.8. The van der Waals surface area contributed by atoms with Gasteiger partial charge in [0.2, 0.25) is 0 Å². The summed E-state index contributed by atoms with van der Waals surface area (Å²) in [6.45, 7) is 0. The van der Waals surface area contributed by atoms with E-state index < -0.39 is 0 Å². The van der Waals surface area contributed by atoms with Crippen LogP contribution in [0.5, 0.6) is 0 Å². The van der Waals surface area contributed by atoms with Gasteiger partial charge in [-0.2, -0.15) is 5.10 Å². The lowest BCUT2D eigenvalue weighted by Crippen LogP contribution is -1.98. The van der Waals surface area contributed by atoms with E-state index in [0.29, 0.717) is 0 Å². The van der Waals surface area contributed by atoms with Crippen molar-refractivity contribution in [1.29, 1.82) is 0 Å². The van der Waals surface area contributed by atoms with Gasteiger partial charge in [-0.25, -0.2) is 4.52 Å². The Hall–Kier alpha value is -4.19. The molecule has 0 saturated carbocycles. The highest BCUT2D eigenvalue weighted by molar-refractivity contribution is 7.27. The third kappa shape index (κ3) is 2.34. The summed E-state index contributed by atoms with van der Waals surface area (Å²) in [6.07, 6.45) is 2.05. The highest BCUT2D eigenvalue weighted by Crippen LogP contribution is 2.46. The van der Waals surface area contributed by atoms with Crippen molar-refractivity contribution in [3.05, 3.63) is 103 Å². The Labute approximate surface area is 213 Å². The summed E-state index contributed by atoms with van der Waals surface area (Å²) in [5.74, 6) is 0. The lowest BCUT2D eigenvalue weighted by Gasteiger charge is -2.10. The van der Waals surface area contributed by atoms with Gasteiger partial charge in [0.1, 0.15) is 0 Å². The van der Waals surface area contributed by atoms with Crippen LogP contribution in [0.25, 0.3) is 73.5 Å². The van der Waals surface area contributed by atoms with Gasteiger partial charge < -0.3 is 4.57 Å². The van der Waals surface area contributed by atoms with Crippen LogP contribution in [0.4, 0.5) is 0 Å². The zero-order valence-electron chi connectivity index (χ0n) is 19.0. The molecule has 0 aliphatic heterocycles. The molecule has 0 unspecified atom stereocenters. The number of benzene rings is 4. The second-order valence-corrected chi connectivity index (χ2v) is 11.4. The minimum atomic E-state index is 1.01. The molecule has 4 aromatic carbocycles. The summed E-state index contributed by atoms with van der Waals surface area (Å²) < 4.78 is 9.86. The van der Waals surface area contributed by atoms with E-state index in [1.54, 1.807) is 0 Å². The lowest BCUT2D eigenvalue weighted by atomic mass is 10.1. The number of fused-ring (bicyclic) bond motifs is 11. The molecule has 5 aromatic heterocycles. The van der Waals surface area contributed by atoms with Crippen molar-refractivity contribution < 1.29 is 0 Å². The number of hydrogen-bond donors (Lipinski definition) is 0. The molecule has 0 radical (unpaired) electrons. The summed E-state index contributed by atoms with van der Waals surface area (Å²) in [4.78, 5) is 0. The summed E-state index contributed by atoms with van der Waals surface area (Å²) in [5, 5.41) is 11.3. The fourth-order valence-corrected chi connectivity index (χ4v) is 8.16. The monoisotopic (exact) mass is 495 g/mol. The highest BCUT2D eigenvalue weighted by atomic mass is 32.1. The average molecular weight is 496 g/mol. The molecule has 0 N–H and O–H groups in total. The molecule has 0 spiro atoms. The van der Waals surface area contributed by atoms with E-state index in [4.69, 9.17) is 5.10 Å². The zero-order chi connectivity index (χ0) is 23.4. The molecule has 0 saturated heterocycles. The molecule has 0 bridgehead atoms. The van der Waals surface area contributed by atoms with Crippen LogP contribution in [0.2, 0.25) is 0 Å². The van der Waals surface area contributed by atoms with Crippen LogP contribution in [-0.2, 0) is 0 Å². The SMILES string of the molecule is c1ccc2c(c1)nn1cccc(-n3c4cc5c(cc4c4sc6ccccc6c43)sc3ccccc35)c21. The minimum absolute atomic E-state index is 1.01. The van der Waals surface area contributed by atoms with E-state index in [1.807, 2.05) is 27.2 Å². The van der Waals surface area contributed by atoms with Gasteiger partial charge in [0.25, 0.3) is 0 Å². The van der Waals surface area contributed by atoms with E-state index in [9.17, 15) is 0 Å². The Morgan fingerprint density at radius 3 is 2.19 bits per heavy atom. The molecule has 9 rings (SSSR count). The Morgan fingerprint density at radius 1 is 0.556 bits per heavy atom. The largest absolute Gasteiger partial charge is 0.306 e. The number of pyridine rings is 1. The summed E-state index contributed by atoms with van der Waals surface area (Å²) in [7, 11) is 0. The number of hydrogen-bond acceptors (Lipinski definition) is 3. The molecule has 5 heterocycles. The summed E-state index contributed by atoms with van der Waals surface area (Å²) in [6, 6.07) is 35.1. The van der Waals surface area contributed by atoms with Gasteiger partial charge >= 0.3 is 0 Å². The molecule has 0 atom stereocenters. The molecular weight excluding hydrogens is 478 g/mol. The van der Waals surface area contributed by atoms with E-state index in [1.165, 1.54) is 56.8 Å². The van der Waals surface area contributed by atoms with Crippen LogP contribution in [0.1, 0.15) is 0 Å². The molecule has 36 heavy (non-hydrogen) atoms. The molecule has 0 aliphatic rings. The smallest absolute Gasteiger partial charge is 0.0980 e. The fourth-order valence-electron chi connectivity index (χ4n) is 5.82. The van der Waals surface area contributed by atoms with Gasteiger partial charge in [-0.3, -0.25) is 0 Å². The van der Waals surface area contributed by atoms with Gasteiger partial charge in [0, 0.05) is 47.2 Å². The highest BCUT2D eigenvalue weighted by Gasteiger charge is 2.21. The fraction of sp³-hybridized carbons (Fsp3) is 0. The van der Waals surface area contributed by atoms with Crippen molar-refractivity contribution in [2.24, 2.45) is 0 Å². The maximum atomic E-state index is 4.89. The first kappa shape index (κ1) is 19.1. The van der Waals surface area contributed by atoms with Crippen molar-refractivity contribution in [2.75, 3.05) is 0 Å². The van der Waals surface area contributed by atoms with E-state index >= 15 is 0 Å². The van der Waals surface area contributed by atoms with Gasteiger partial charge in [0.05, 0.1) is 32.5 Å². The summed E-state index contributed by atoms with van der Waals surface area (Å²) >= 11 is 3.78. The molecule has 9 aromatic rings. The number of rotatable bonds is 1. The first-order valence-corrected chi connectivity index (χ1v) is 13.6. The Morgan fingerprint density at radius 2 is 1.31 bits per heavy atom. The lowest BCUT2D eigenvalue weighted by molar-refractivity contribution is 0.971. The van der Waals surface area contributed by atoms with Crippen LogP contribution in [0.3, 0.4) is 0 Å². The molecule has 0 amide bonds. The number of nitrogens with zero attached hydrogens (tertiary/aromatic N) is 3. The number of thiophene rings is 2. The Kier molecular flexibility index (Phi) is 3.56. The second kappa shape index (κ2) is 6.72. The predicted octanol–water partition coefficient (Wildman–Crippen LogP) is 9.17. The van der Waals surface area contributed by atoms with Crippen molar-refractivity contribution in [1.82, 2.24) is 14.2 Å². The van der Waals surface area contributed by atoms with Crippen LogP contribution >= 0.6 is 22.7 Å². The van der Waals surface area contributed by atoms with Gasteiger partial charge in [-0.15, -0.1) is 22.7 Å². The molecule has 168 valence electrons. The van der Waals surface area contributed by atoms with Crippen molar-refractivity contribution >= 4 is 90.5 Å². The maximum Gasteiger partial charge on any atom is 0.0980 e. The van der Waals surface area contributed by atoms with Crippen molar-refractivity contribution in [3.63, 3.8) is 0 Å². The van der Waals surface area contributed by atoms with E-state index in [2.05, 4.69) is 108 Å². The van der Waals surface area contributed by atoms with Gasteiger partial charge in [0.15, 0.2) is 0 Å². The van der Waals surface area contributed by atoms with Crippen molar-refractivity contribution in [2.45, 2.75) is 0 Å². The Balaban J connectivity index is 1.55. The quantitative estimate of drug-likeness (QED) is 0.222.